The first-order valence-corrected chi connectivity index (χ1v) is 8.26. The molecule has 0 spiro atoms. The molecule has 1 atom stereocenters. The SMILES string of the molecule is CC(C)CC(CNC(C)C)Cc1cccc2ccccc12. The molecule has 21 heavy (non-hydrogen) atoms. The normalized spacial score (nSPS) is 13.2. The summed E-state index contributed by atoms with van der Waals surface area (Å²) in [5.74, 6) is 1.46. The van der Waals surface area contributed by atoms with Gasteiger partial charge in [-0.05, 0) is 47.6 Å². The van der Waals surface area contributed by atoms with Gasteiger partial charge in [0.1, 0.15) is 0 Å². The van der Waals surface area contributed by atoms with E-state index in [1.54, 1.807) is 0 Å². The average Bonchev–Trinajstić information content (AvgIpc) is 2.44. The third-order valence-electron chi connectivity index (χ3n) is 4.01. The Bertz CT molecular complexity index is 551. The Morgan fingerprint density at radius 3 is 2.33 bits per heavy atom. The van der Waals surface area contributed by atoms with Crippen LogP contribution in [0.2, 0.25) is 0 Å². The number of fused-ring (bicyclic) bond motifs is 1. The van der Waals surface area contributed by atoms with Gasteiger partial charge in [0, 0.05) is 6.04 Å². The van der Waals surface area contributed by atoms with Crippen molar-refractivity contribution in [1.29, 1.82) is 0 Å². The highest BCUT2D eigenvalue weighted by Gasteiger charge is 2.13. The molecule has 1 unspecified atom stereocenters. The van der Waals surface area contributed by atoms with Crippen LogP contribution in [0.4, 0.5) is 0 Å². The van der Waals surface area contributed by atoms with Gasteiger partial charge in [0.2, 0.25) is 0 Å². The predicted octanol–water partition coefficient (Wildman–Crippen LogP) is 5.04. The van der Waals surface area contributed by atoms with Gasteiger partial charge in [0.25, 0.3) is 0 Å². The maximum absolute atomic E-state index is 3.62. The molecule has 1 nitrogen and oxygen atoms in total. The molecule has 0 saturated heterocycles. The van der Waals surface area contributed by atoms with Crippen LogP contribution >= 0.6 is 0 Å². The monoisotopic (exact) mass is 283 g/mol. The van der Waals surface area contributed by atoms with Gasteiger partial charge in [-0.25, -0.2) is 0 Å². The smallest absolute Gasteiger partial charge is 0.00104 e. The van der Waals surface area contributed by atoms with Gasteiger partial charge in [-0.15, -0.1) is 0 Å². The van der Waals surface area contributed by atoms with Crippen molar-refractivity contribution in [3.05, 3.63) is 48.0 Å². The van der Waals surface area contributed by atoms with Crippen molar-refractivity contribution >= 4 is 10.8 Å². The largest absolute Gasteiger partial charge is 0.314 e. The first kappa shape index (κ1) is 16.0. The van der Waals surface area contributed by atoms with E-state index in [1.165, 1.54) is 29.2 Å². The summed E-state index contributed by atoms with van der Waals surface area (Å²) < 4.78 is 0. The molecular weight excluding hydrogens is 254 g/mol. The van der Waals surface area contributed by atoms with Crippen LogP contribution in [0.5, 0.6) is 0 Å². The van der Waals surface area contributed by atoms with Crippen LogP contribution < -0.4 is 5.32 Å². The second-order valence-corrected chi connectivity index (χ2v) is 6.90. The van der Waals surface area contributed by atoms with Gasteiger partial charge in [-0.1, -0.05) is 70.2 Å². The van der Waals surface area contributed by atoms with Gasteiger partial charge in [-0.2, -0.15) is 0 Å². The third-order valence-corrected chi connectivity index (χ3v) is 4.01. The number of hydrogen-bond donors (Lipinski definition) is 1. The van der Waals surface area contributed by atoms with Gasteiger partial charge in [0.15, 0.2) is 0 Å². The van der Waals surface area contributed by atoms with Crippen molar-refractivity contribution in [2.75, 3.05) is 6.54 Å². The van der Waals surface area contributed by atoms with E-state index in [9.17, 15) is 0 Å². The fraction of sp³-hybridized carbons (Fsp3) is 0.500. The number of benzene rings is 2. The van der Waals surface area contributed by atoms with E-state index < -0.39 is 0 Å². The van der Waals surface area contributed by atoms with Crippen LogP contribution in [0.15, 0.2) is 42.5 Å². The Balaban J connectivity index is 2.17. The van der Waals surface area contributed by atoms with Crippen molar-refractivity contribution in [3.8, 4) is 0 Å². The van der Waals surface area contributed by atoms with Crippen LogP contribution in [-0.2, 0) is 6.42 Å². The molecule has 0 aromatic heterocycles. The molecule has 2 aromatic carbocycles. The van der Waals surface area contributed by atoms with Crippen LogP contribution in [0.25, 0.3) is 10.8 Å². The highest BCUT2D eigenvalue weighted by atomic mass is 14.9. The zero-order valence-electron chi connectivity index (χ0n) is 13.9. The molecule has 1 heteroatoms. The first-order valence-electron chi connectivity index (χ1n) is 8.26. The lowest BCUT2D eigenvalue weighted by atomic mass is 9.89. The zero-order valence-corrected chi connectivity index (χ0v) is 13.9. The molecule has 0 fully saturated rings. The minimum absolute atomic E-state index is 0.562. The lowest BCUT2D eigenvalue weighted by Crippen LogP contribution is -2.30. The second-order valence-electron chi connectivity index (χ2n) is 6.90. The minimum atomic E-state index is 0.562. The Morgan fingerprint density at radius 1 is 0.905 bits per heavy atom. The first-order chi connectivity index (χ1) is 10.1. The summed E-state index contributed by atoms with van der Waals surface area (Å²) >= 11 is 0. The summed E-state index contributed by atoms with van der Waals surface area (Å²) in [6, 6.07) is 16.0. The van der Waals surface area contributed by atoms with Crippen molar-refractivity contribution in [2.45, 2.75) is 46.6 Å². The van der Waals surface area contributed by atoms with Crippen molar-refractivity contribution in [1.82, 2.24) is 5.32 Å². The topological polar surface area (TPSA) is 12.0 Å². The maximum Gasteiger partial charge on any atom is 0.00104 e. The summed E-state index contributed by atoms with van der Waals surface area (Å²) in [6.45, 7) is 10.2. The molecule has 0 saturated carbocycles. The highest BCUT2D eigenvalue weighted by molar-refractivity contribution is 5.85. The van der Waals surface area contributed by atoms with E-state index in [0.29, 0.717) is 12.0 Å². The summed E-state index contributed by atoms with van der Waals surface area (Å²) in [6.07, 6.45) is 2.45. The standard InChI is InChI=1S/C20H29N/c1-15(2)12-17(14-21-16(3)4)13-19-10-7-9-18-8-5-6-11-20(18)19/h5-11,15-17,21H,12-14H2,1-4H3. The molecule has 2 rings (SSSR count). The molecule has 0 amide bonds. The van der Waals surface area contributed by atoms with Crippen LogP contribution in [0.3, 0.4) is 0 Å². The maximum atomic E-state index is 3.62. The summed E-state index contributed by atoms with van der Waals surface area (Å²) in [4.78, 5) is 0. The Labute approximate surface area is 129 Å². The van der Waals surface area contributed by atoms with E-state index in [0.717, 1.165) is 12.5 Å². The van der Waals surface area contributed by atoms with Gasteiger partial charge in [0.05, 0.1) is 0 Å². The summed E-state index contributed by atoms with van der Waals surface area (Å²) in [5, 5.41) is 6.39. The Kier molecular flexibility index (Phi) is 5.81. The minimum Gasteiger partial charge on any atom is -0.314 e. The van der Waals surface area contributed by atoms with E-state index in [4.69, 9.17) is 0 Å². The van der Waals surface area contributed by atoms with Crippen LogP contribution in [0, 0.1) is 11.8 Å². The fourth-order valence-corrected chi connectivity index (χ4v) is 3.09. The van der Waals surface area contributed by atoms with Crippen LogP contribution in [-0.4, -0.2) is 12.6 Å². The molecule has 2 aromatic rings. The second kappa shape index (κ2) is 7.61. The van der Waals surface area contributed by atoms with Gasteiger partial charge in [-0.3, -0.25) is 0 Å². The molecule has 0 aliphatic heterocycles. The molecule has 0 bridgehead atoms. The van der Waals surface area contributed by atoms with E-state index in [2.05, 4.69) is 75.5 Å². The quantitative estimate of drug-likeness (QED) is 0.750. The highest BCUT2D eigenvalue weighted by Crippen LogP contribution is 2.24. The predicted molar refractivity (Wildman–Crippen MR) is 93.7 cm³/mol. The van der Waals surface area contributed by atoms with E-state index in [-0.39, 0.29) is 0 Å². The number of hydrogen-bond acceptors (Lipinski definition) is 1. The Hall–Kier alpha value is -1.34. The molecule has 0 heterocycles. The average molecular weight is 283 g/mol. The molecule has 0 aliphatic rings. The van der Waals surface area contributed by atoms with Crippen molar-refractivity contribution in [3.63, 3.8) is 0 Å². The molecule has 1 N–H and O–H groups in total. The summed E-state index contributed by atoms with van der Waals surface area (Å²) in [5.41, 5.74) is 1.49. The van der Waals surface area contributed by atoms with Crippen molar-refractivity contribution in [2.24, 2.45) is 11.8 Å². The Morgan fingerprint density at radius 2 is 1.62 bits per heavy atom. The lowest BCUT2D eigenvalue weighted by Gasteiger charge is -2.22. The third kappa shape index (κ3) is 4.86. The molecule has 114 valence electrons. The number of nitrogens with one attached hydrogen (secondary N) is 1. The van der Waals surface area contributed by atoms with E-state index >= 15 is 0 Å². The molecule has 0 aliphatic carbocycles. The zero-order chi connectivity index (χ0) is 15.2. The van der Waals surface area contributed by atoms with Crippen LogP contribution in [0.1, 0.15) is 39.7 Å². The van der Waals surface area contributed by atoms with E-state index in [1.807, 2.05) is 0 Å². The molecule has 0 radical (unpaired) electrons. The fourth-order valence-electron chi connectivity index (χ4n) is 3.09. The molecular formula is C20H29N. The summed E-state index contributed by atoms with van der Waals surface area (Å²) in [7, 11) is 0. The van der Waals surface area contributed by atoms with Crippen molar-refractivity contribution < 1.29 is 0 Å². The lowest BCUT2D eigenvalue weighted by molar-refractivity contribution is 0.373. The number of rotatable bonds is 7. The van der Waals surface area contributed by atoms with Gasteiger partial charge < -0.3 is 5.32 Å². The van der Waals surface area contributed by atoms with Gasteiger partial charge >= 0.3 is 0 Å².